The minimum absolute atomic E-state index is 0.597. The third-order valence-corrected chi connectivity index (χ3v) is 4.82. The lowest BCUT2D eigenvalue weighted by atomic mass is 9.53. The van der Waals surface area contributed by atoms with Crippen LogP contribution in [0.1, 0.15) is 26.2 Å². The molecule has 2 aliphatic rings. The van der Waals surface area contributed by atoms with Crippen molar-refractivity contribution in [1.82, 2.24) is 4.90 Å². The lowest BCUT2D eigenvalue weighted by Crippen LogP contribution is -2.58. The van der Waals surface area contributed by atoms with Crippen LogP contribution in [0.3, 0.4) is 0 Å². The highest BCUT2D eigenvalue weighted by atomic mass is 15.2. The van der Waals surface area contributed by atoms with E-state index in [0.717, 1.165) is 25.6 Å². The number of nitrogens with zero attached hydrogens (tertiary/aromatic N) is 1. The highest BCUT2D eigenvalue weighted by molar-refractivity contribution is 5.01. The molecule has 1 aliphatic heterocycles. The molecule has 0 bridgehead atoms. The second-order valence-electron chi connectivity index (χ2n) is 5.47. The summed E-state index contributed by atoms with van der Waals surface area (Å²) >= 11 is 0. The van der Waals surface area contributed by atoms with Crippen molar-refractivity contribution in [2.24, 2.45) is 28.7 Å². The summed E-state index contributed by atoms with van der Waals surface area (Å²) in [6.07, 6.45) is 4.23. The molecule has 1 heterocycles. The highest BCUT2D eigenvalue weighted by Crippen LogP contribution is 2.54. The SMILES string of the molecule is CC1CN(CCN)CC(CN)C12CCC2. The van der Waals surface area contributed by atoms with Gasteiger partial charge in [-0.3, -0.25) is 0 Å². The van der Waals surface area contributed by atoms with Crippen molar-refractivity contribution in [3.05, 3.63) is 0 Å². The fourth-order valence-electron chi connectivity index (χ4n) is 3.70. The van der Waals surface area contributed by atoms with Crippen molar-refractivity contribution in [3.8, 4) is 0 Å². The van der Waals surface area contributed by atoms with Gasteiger partial charge in [0, 0.05) is 26.2 Å². The van der Waals surface area contributed by atoms with Crippen molar-refractivity contribution in [2.75, 3.05) is 32.7 Å². The molecule has 2 rings (SSSR count). The predicted molar refractivity (Wildman–Crippen MR) is 63.5 cm³/mol. The van der Waals surface area contributed by atoms with Gasteiger partial charge >= 0.3 is 0 Å². The molecule has 0 aromatic heterocycles. The van der Waals surface area contributed by atoms with Crippen molar-refractivity contribution in [2.45, 2.75) is 26.2 Å². The van der Waals surface area contributed by atoms with E-state index >= 15 is 0 Å². The van der Waals surface area contributed by atoms with Gasteiger partial charge in [0.1, 0.15) is 0 Å². The van der Waals surface area contributed by atoms with Gasteiger partial charge in [0.25, 0.3) is 0 Å². The maximum atomic E-state index is 5.95. The summed E-state index contributed by atoms with van der Waals surface area (Å²) in [7, 11) is 0. The third kappa shape index (κ3) is 1.81. The number of likely N-dealkylation sites (tertiary alicyclic amines) is 1. The van der Waals surface area contributed by atoms with Gasteiger partial charge in [-0.1, -0.05) is 13.3 Å². The zero-order valence-corrected chi connectivity index (χ0v) is 9.91. The number of nitrogens with two attached hydrogens (primary N) is 2. The molecule has 0 amide bonds. The van der Waals surface area contributed by atoms with Crippen LogP contribution >= 0.6 is 0 Å². The maximum Gasteiger partial charge on any atom is 0.0105 e. The van der Waals surface area contributed by atoms with Crippen LogP contribution in [0.5, 0.6) is 0 Å². The number of rotatable bonds is 3. The smallest absolute Gasteiger partial charge is 0.0105 e. The van der Waals surface area contributed by atoms with Crippen molar-refractivity contribution < 1.29 is 0 Å². The topological polar surface area (TPSA) is 55.3 Å². The average Bonchev–Trinajstić information content (AvgIpc) is 2.14. The standard InChI is InChI=1S/C12H25N3/c1-10-8-15(6-5-13)9-11(7-14)12(10)3-2-4-12/h10-11H,2-9,13-14H2,1H3. The van der Waals surface area contributed by atoms with Crippen LogP contribution in [0.15, 0.2) is 0 Å². The fourth-order valence-corrected chi connectivity index (χ4v) is 3.70. The monoisotopic (exact) mass is 211 g/mol. The van der Waals surface area contributed by atoms with Crippen LogP contribution < -0.4 is 11.5 Å². The fraction of sp³-hybridized carbons (Fsp3) is 1.00. The molecule has 0 radical (unpaired) electrons. The molecule has 0 aromatic carbocycles. The molecule has 1 spiro atoms. The molecule has 1 saturated heterocycles. The maximum absolute atomic E-state index is 5.95. The Morgan fingerprint density at radius 1 is 1.27 bits per heavy atom. The second kappa shape index (κ2) is 4.40. The minimum atomic E-state index is 0.597. The first kappa shape index (κ1) is 11.4. The van der Waals surface area contributed by atoms with Gasteiger partial charge in [0.2, 0.25) is 0 Å². The Hall–Kier alpha value is -0.120. The first-order valence-corrected chi connectivity index (χ1v) is 6.35. The van der Waals surface area contributed by atoms with E-state index in [1.165, 1.54) is 32.4 Å². The summed E-state index contributed by atoms with van der Waals surface area (Å²) < 4.78 is 0. The van der Waals surface area contributed by atoms with E-state index in [9.17, 15) is 0 Å². The normalized spacial score (nSPS) is 35.4. The van der Waals surface area contributed by atoms with E-state index in [1.54, 1.807) is 0 Å². The van der Waals surface area contributed by atoms with Crippen molar-refractivity contribution >= 4 is 0 Å². The summed E-state index contributed by atoms with van der Waals surface area (Å²) in [6, 6.07) is 0. The summed E-state index contributed by atoms with van der Waals surface area (Å²) in [4.78, 5) is 2.51. The first-order chi connectivity index (χ1) is 7.23. The van der Waals surface area contributed by atoms with E-state index < -0.39 is 0 Å². The average molecular weight is 211 g/mol. The Morgan fingerprint density at radius 3 is 2.47 bits per heavy atom. The van der Waals surface area contributed by atoms with Crippen LogP contribution in [0.25, 0.3) is 0 Å². The van der Waals surface area contributed by atoms with Crippen molar-refractivity contribution in [3.63, 3.8) is 0 Å². The van der Waals surface area contributed by atoms with Crippen LogP contribution in [-0.4, -0.2) is 37.6 Å². The van der Waals surface area contributed by atoms with Gasteiger partial charge in [-0.2, -0.15) is 0 Å². The lowest BCUT2D eigenvalue weighted by Gasteiger charge is -2.57. The quantitative estimate of drug-likeness (QED) is 0.720. The predicted octanol–water partition coefficient (Wildman–Crippen LogP) is 0.642. The van der Waals surface area contributed by atoms with Gasteiger partial charge in [-0.15, -0.1) is 0 Å². The van der Waals surface area contributed by atoms with Gasteiger partial charge in [0.05, 0.1) is 0 Å². The Morgan fingerprint density at radius 2 is 2.00 bits per heavy atom. The molecule has 15 heavy (non-hydrogen) atoms. The Kier molecular flexibility index (Phi) is 3.33. The molecule has 1 saturated carbocycles. The Labute approximate surface area is 93.2 Å². The Bertz CT molecular complexity index is 213. The molecule has 2 unspecified atom stereocenters. The first-order valence-electron chi connectivity index (χ1n) is 6.35. The second-order valence-corrected chi connectivity index (χ2v) is 5.47. The largest absolute Gasteiger partial charge is 0.330 e. The zero-order valence-electron chi connectivity index (χ0n) is 9.91. The zero-order chi connectivity index (χ0) is 10.9. The molecule has 88 valence electrons. The molecule has 3 nitrogen and oxygen atoms in total. The van der Waals surface area contributed by atoms with Gasteiger partial charge < -0.3 is 16.4 Å². The van der Waals surface area contributed by atoms with Gasteiger partial charge in [-0.05, 0) is 36.6 Å². The van der Waals surface area contributed by atoms with Gasteiger partial charge in [-0.25, -0.2) is 0 Å². The Balaban J connectivity index is 2.03. The molecule has 3 heteroatoms. The molecular formula is C12H25N3. The van der Waals surface area contributed by atoms with Crippen LogP contribution in [0, 0.1) is 17.3 Å². The van der Waals surface area contributed by atoms with E-state index in [2.05, 4.69) is 11.8 Å². The number of piperidine rings is 1. The van der Waals surface area contributed by atoms with Crippen molar-refractivity contribution in [1.29, 1.82) is 0 Å². The molecule has 2 fully saturated rings. The van der Waals surface area contributed by atoms with Crippen LogP contribution in [0.2, 0.25) is 0 Å². The number of hydrogen-bond donors (Lipinski definition) is 2. The number of hydrogen-bond acceptors (Lipinski definition) is 3. The molecule has 0 aromatic rings. The molecule has 4 N–H and O–H groups in total. The summed E-state index contributed by atoms with van der Waals surface area (Å²) in [5, 5.41) is 0. The highest BCUT2D eigenvalue weighted by Gasteiger charge is 2.50. The summed E-state index contributed by atoms with van der Waals surface area (Å²) in [6.45, 7) is 7.48. The third-order valence-electron chi connectivity index (χ3n) is 4.82. The molecular weight excluding hydrogens is 186 g/mol. The summed E-state index contributed by atoms with van der Waals surface area (Å²) in [5.41, 5.74) is 12.2. The van der Waals surface area contributed by atoms with Gasteiger partial charge in [0.15, 0.2) is 0 Å². The molecule has 1 aliphatic carbocycles. The van der Waals surface area contributed by atoms with E-state index in [1.807, 2.05) is 0 Å². The van der Waals surface area contributed by atoms with Crippen LogP contribution in [0.4, 0.5) is 0 Å². The minimum Gasteiger partial charge on any atom is -0.330 e. The van der Waals surface area contributed by atoms with E-state index in [-0.39, 0.29) is 0 Å². The molecule has 2 atom stereocenters. The van der Waals surface area contributed by atoms with Crippen LogP contribution in [-0.2, 0) is 0 Å². The van der Waals surface area contributed by atoms with E-state index in [0.29, 0.717) is 11.3 Å². The lowest BCUT2D eigenvalue weighted by molar-refractivity contribution is -0.0720. The summed E-state index contributed by atoms with van der Waals surface area (Å²) in [5.74, 6) is 1.52. The van der Waals surface area contributed by atoms with E-state index in [4.69, 9.17) is 11.5 Å².